The maximum Gasteiger partial charge on any atom is 0.133 e. The van der Waals surface area contributed by atoms with E-state index >= 15 is 0 Å². The number of hydrogen-bond donors (Lipinski definition) is 1. The van der Waals surface area contributed by atoms with Crippen LogP contribution in [-0.4, -0.2) is 12.3 Å². The maximum atomic E-state index is 11.7. The van der Waals surface area contributed by atoms with Crippen LogP contribution in [0.4, 0.5) is 0 Å². The lowest BCUT2D eigenvalue weighted by Crippen LogP contribution is -2.17. The summed E-state index contributed by atoms with van der Waals surface area (Å²) < 4.78 is 0. The SMILES string of the molecule is CCCCC(CC)CC(=O)CC(C)CN. The molecule has 0 aromatic carbocycles. The summed E-state index contributed by atoms with van der Waals surface area (Å²) in [5.41, 5.74) is 5.51. The average Bonchev–Trinajstić information content (AvgIpc) is 2.23. The van der Waals surface area contributed by atoms with Crippen LogP contribution in [0.15, 0.2) is 0 Å². The molecule has 0 spiro atoms. The van der Waals surface area contributed by atoms with Crippen LogP contribution in [0.5, 0.6) is 0 Å². The summed E-state index contributed by atoms with van der Waals surface area (Å²) in [4.78, 5) is 11.7. The summed E-state index contributed by atoms with van der Waals surface area (Å²) in [6, 6.07) is 0. The van der Waals surface area contributed by atoms with Crippen LogP contribution < -0.4 is 5.73 Å². The van der Waals surface area contributed by atoms with Gasteiger partial charge < -0.3 is 5.73 Å². The molecule has 2 heteroatoms. The molecule has 0 saturated heterocycles. The Morgan fingerprint density at radius 3 is 2.40 bits per heavy atom. The normalized spacial score (nSPS) is 14.9. The molecule has 2 nitrogen and oxygen atoms in total. The predicted octanol–water partition coefficient (Wildman–Crippen LogP) is 3.15. The van der Waals surface area contributed by atoms with Gasteiger partial charge in [0.2, 0.25) is 0 Å². The van der Waals surface area contributed by atoms with Crippen LogP contribution in [0.3, 0.4) is 0 Å². The van der Waals surface area contributed by atoms with Gasteiger partial charge in [0, 0.05) is 12.8 Å². The highest BCUT2D eigenvalue weighted by Crippen LogP contribution is 2.18. The zero-order chi connectivity index (χ0) is 11.7. The van der Waals surface area contributed by atoms with Gasteiger partial charge >= 0.3 is 0 Å². The highest BCUT2D eigenvalue weighted by Gasteiger charge is 2.13. The first-order chi connectivity index (χ1) is 7.13. The minimum Gasteiger partial charge on any atom is -0.330 e. The monoisotopic (exact) mass is 213 g/mol. The minimum absolute atomic E-state index is 0.348. The standard InChI is InChI=1S/C13H27NO/c1-4-6-7-12(5-2)9-13(15)8-11(3)10-14/h11-12H,4-10,14H2,1-3H3. The quantitative estimate of drug-likeness (QED) is 0.639. The summed E-state index contributed by atoms with van der Waals surface area (Å²) in [6.07, 6.45) is 6.24. The third-order valence-electron chi connectivity index (χ3n) is 3.04. The van der Waals surface area contributed by atoms with E-state index in [1.165, 1.54) is 19.3 Å². The number of carbonyl (C=O) groups is 1. The van der Waals surface area contributed by atoms with Crippen molar-refractivity contribution in [3.8, 4) is 0 Å². The number of ketones is 1. The van der Waals surface area contributed by atoms with Gasteiger partial charge in [0.05, 0.1) is 0 Å². The maximum absolute atomic E-state index is 11.7. The van der Waals surface area contributed by atoms with Crippen molar-refractivity contribution in [3.63, 3.8) is 0 Å². The molecule has 0 amide bonds. The van der Waals surface area contributed by atoms with Gasteiger partial charge in [-0.25, -0.2) is 0 Å². The lowest BCUT2D eigenvalue weighted by atomic mass is 9.91. The van der Waals surface area contributed by atoms with E-state index in [0.717, 1.165) is 12.8 Å². The van der Waals surface area contributed by atoms with Gasteiger partial charge in [-0.3, -0.25) is 4.79 Å². The largest absolute Gasteiger partial charge is 0.330 e. The van der Waals surface area contributed by atoms with Crippen LogP contribution >= 0.6 is 0 Å². The van der Waals surface area contributed by atoms with Crippen molar-refractivity contribution in [2.24, 2.45) is 17.6 Å². The summed E-state index contributed by atoms with van der Waals surface area (Å²) in [5.74, 6) is 1.35. The molecule has 0 aliphatic carbocycles. The molecule has 2 atom stereocenters. The molecule has 0 saturated carbocycles. The van der Waals surface area contributed by atoms with E-state index in [0.29, 0.717) is 30.6 Å². The van der Waals surface area contributed by atoms with Crippen LogP contribution in [0.2, 0.25) is 0 Å². The number of hydrogen-bond acceptors (Lipinski definition) is 2. The first-order valence-corrected chi connectivity index (χ1v) is 6.35. The number of Topliss-reactive ketones (excluding diaryl/α,β-unsaturated/α-hetero) is 1. The highest BCUT2D eigenvalue weighted by molar-refractivity contribution is 5.78. The summed E-state index contributed by atoms with van der Waals surface area (Å²) in [7, 11) is 0. The molecule has 15 heavy (non-hydrogen) atoms. The Labute approximate surface area is 94.6 Å². The zero-order valence-corrected chi connectivity index (χ0v) is 10.6. The van der Waals surface area contributed by atoms with Crippen LogP contribution in [0, 0.1) is 11.8 Å². The lowest BCUT2D eigenvalue weighted by Gasteiger charge is -2.14. The van der Waals surface area contributed by atoms with Gasteiger partial charge in [0.25, 0.3) is 0 Å². The van der Waals surface area contributed by atoms with E-state index < -0.39 is 0 Å². The van der Waals surface area contributed by atoms with Crippen molar-refractivity contribution in [1.82, 2.24) is 0 Å². The van der Waals surface area contributed by atoms with Gasteiger partial charge in [-0.2, -0.15) is 0 Å². The molecule has 0 fully saturated rings. The number of nitrogens with two attached hydrogens (primary N) is 1. The minimum atomic E-state index is 0.348. The predicted molar refractivity (Wildman–Crippen MR) is 65.8 cm³/mol. The topological polar surface area (TPSA) is 43.1 Å². The van der Waals surface area contributed by atoms with Crippen molar-refractivity contribution < 1.29 is 4.79 Å². The third kappa shape index (κ3) is 7.55. The smallest absolute Gasteiger partial charge is 0.133 e. The summed E-state index contributed by atoms with van der Waals surface area (Å²) in [5, 5.41) is 0. The molecule has 0 heterocycles. The van der Waals surface area contributed by atoms with E-state index in [-0.39, 0.29) is 0 Å². The van der Waals surface area contributed by atoms with Gasteiger partial charge in [-0.15, -0.1) is 0 Å². The van der Waals surface area contributed by atoms with Crippen molar-refractivity contribution in [2.45, 2.75) is 59.3 Å². The van der Waals surface area contributed by atoms with Gasteiger partial charge in [-0.05, 0) is 18.4 Å². The molecule has 0 aliphatic rings. The van der Waals surface area contributed by atoms with Gasteiger partial charge in [-0.1, -0.05) is 46.5 Å². The molecular formula is C13H27NO. The number of rotatable bonds is 9. The van der Waals surface area contributed by atoms with Crippen molar-refractivity contribution in [3.05, 3.63) is 0 Å². The molecule has 0 rings (SSSR count). The van der Waals surface area contributed by atoms with Crippen molar-refractivity contribution >= 4 is 5.78 Å². The molecule has 0 aromatic heterocycles. The van der Waals surface area contributed by atoms with Gasteiger partial charge in [0.15, 0.2) is 0 Å². The Balaban J connectivity index is 3.79. The molecule has 2 N–H and O–H groups in total. The second-order valence-electron chi connectivity index (χ2n) is 4.70. The first-order valence-electron chi connectivity index (χ1n) is 6.35. The van der Waals surface area contributed by atoms with E-state index in [4.69, 9.17) is 5.73 Å². The Kier molecular flexibility index (Phi) is 8.68. The van der Waals surface area contributed by atoms with Crippen LogP contribution in [-0.2, 0) is 4.79 Å². The van der Waals surface area contributed by atoms with E-state index in [2.05, 4.69) is 13.8 Å². The van der Waals surface area contributed by atoms with Crippen molar-refractivity contribution in [1.29, 1.82) is 0 Å². The Hall–Kier alpha value is -0.370. The first kappa shape index (κ1) is 14.6. The second kappa shape index (κ2) is 8.90. The van der Waals surface area contributed by atoms with Crippen LogP contribution in [0.25, 0.3) is 0 Å². The lowest BCUT2D eigenvalue weighted by molar-refractivity contribution is -0.120. The Bertz CT molecular complexity index is 168. The molecule has 2 unspecified atom stereocenters. The zero-order valence-electron chi connectivity index (χ0n) is 10.6. The molecular weight excluding hydrogens is 186 g/mol. The average molecular weight is 213 g/mol. The molecule has 0 radical (unpaired) electrons. The number of unbranched alkanes of at least 4 members (excludes halogenated alkanes) is 1. The van der Waals surface area contributed by atoms with E-state index in [1.807, 2.05) is 6.92 Å². The summed E-state index contributed by atoms with van der Waals surface area (Å²) >= 11 is 0. The molecule has 0 bridgehead atoms. The fourth-order valence-corrected chi connectivity index (χ4v) is 1.82. The second-order valence-corrected chi connectivity index (χ2v) is 4.70. The van der Waals surface area contributed by atoms with Gasteiger partial charge in [0.1, 0.15) is 5.78 Å². The fourth-order valence-electron chi connectivity index (χ4n) is 1.82. The molecule has 0 aromatic rings. The fraction of sp³-hybridized carbons (Fsp3) is 0.923. The number of carbonyl (C=O) groups excluding carboxylic acids is 1. The highest BCUT2D eigenvalue weighted by atomic mass is 16.1. The van der Waals surface area contributed by atoms with E-state index in [9.17, 15) is 4.79 Å². The Morgan fingerprint density at radius 2 is 1.93 bits per heavy atom. The van der Waals surface area contributed by atoms with Crippen LogP contribution in [0.1, 0.15) is 59.3 Å². The third-order valence-corrected chi connectivity index (χ3v) is 3.04. The molecule has 90 valence electrons. The van der Waals surface area contributed by atoms with Crippen molar-refractivity contribution in [2.75, 3.05) is 6.54 Å². The molecule has 0 aliphatic heterocycles. The summed E-state index contributed by atoms with van der Waals surface area (Å²) in [6.45, 7) is 7.05. The Morgan fingerprint density at radius 1 is 1.27 bits per heavy atom. The van der Waals surface area contributed by atoms with E-state index in [1.54, 1.807) is 0 Å².